The van der Waals surface area contributed by atoms with Crippen LogP contribution in [0.2, 0.25) is 0 Å². The second-order valence-electron chi connectivity index (χ2n) is 11.0. The van der Waals surface area contributed by atoms with E-state index in [9.17, 15) is 14.4 Å². The summed E-state index contributed by atoms with van der Waals surface area (Å²) in [5, 5.41) is 0. The summed E-state index contributed by atoms with van der Waals surface area (Å²) in [6.45, 7) is 15.8. The monoisotopic (exact) mass is 516 g/mol. The Balaban J connectivity index is 3.02. The fraction of sp³-hybridized carbons (Fsp3) is 0.441. The highest BCUT2D eigenvalue weighted by Gasteiger charge is 2.64. The molecule has 1 aromatic carbocycles. The van der Waals surface area contributed by atoms with Crippen LogP contribution < -0.4 is 0 Å². The molecule has 0 heterocycles. The van der Waals surface area contributed by atoms with Crippen molar-refractivity contribution in [2.75, 3.05) is 7.11 Å². The Labute approximate surface area is 229 Å². The highest BCUT2D eigenvalue weighted by molar-refractivity contribution is 6.35. The van der Waals surface area contributed by atoms with Crippen LogP contribution in [0.15, 0.2) is 89.3 Å². The van der Waals surface area contributed by atoms with Crippen LogP contribution in [0.3, 0.4) is 0 Å². The Bertz CT molecular complexity index is 1170. The lowest BCUT2D eigenvalue weighted by Gasteiger charge is -2.46. The van der Waals surface area contributed by atoms with Gasteiger partial charge in [-0.05, 0) is 80.1 Å². The minimum atomic E-state index is -1.84. The minimum Gasteiger partial charge on any atom is -0.500 e. The van der Waals surface area contributed by atoms with E-state index in [4.69, 9.17) is 4.74 Å². The van der Waals surface area contributed by atoms with Gasteiger partial charge in [-0.25, -0.2) is 0 Å². The zero-order chi connectivity index (χ0) is 28.5. The molecule has 0 N–H and O–H groups in total. The quantitative estimate of drug-likeness (QED) is 0.150. The van der Waals surface area contributed by atoms with Crippen LogP contribution in [-0.4, -0.2) is 24.5 Å². The third-order valence-electron chi connectivity index (χ3n) is 7.24. The van der Waals surface area contributed by atoms with E-state index >= 15 is 0 Å². The van der Waals surface area contributed by atoms with E-state index in [1.807, 2.05) is 59.8 Å². The van der Waals surface area contributed by atoms with E-state index in [1.165, 1.54) is 7.11 Å². The molecule has 4 heteroatoms. The van der Waals surface area contributed by atoms with Crippen molar-refractivity contribution in [1.82, 2.24) is 0 Å². The topological polar surface area (TPSA) is 60.4 Å². The summed E-state index contributed by atoms with van der Waals surface area (Å²) in [6.07, 6.45) is 9.93. The smallest absolute Gasteiger partial charge is 0.184 e. The molecule has 0 spiro atoms. The van der Waals surface area contributed by atoms with E-state index < -0.39 is 22.4 Å². The Morgan fingerprint density at radius 3 is 2.00 bits per heavy atom. The molecule has 0 fully saturated rings. The standard InChI is InChI=1S/C34H44O4/c1-9-10-22-34(29(35)27-16-12-11-13-17-27)30(36)28(19-18-25(4)5)31(38-8)33(32(34)37,23-20-26(6)7)21-14-15-24(2)3/h9,11-13,15-18,20H,1,10,14,19,21-23H2,2-8H3. The minimum absolute atomic E-state index is 0.0798. The molecular formula is C34H44O4. The molecule has 2 rings (SSSR count). The maximum atomic E-state index is 15.0. The van der Waals surface area contributed by atoms with Gasteiger partial charge >= 0.3 is 0 Å². The largest absolute Gasteiger partial charge is 0.500 e. The van der Waals surface area contributed by atoms with E-state index in [-0.39, 0.29) is 12.2 Å². The van der Waals surface area contributed by atoms with Crippen LogP contribution in [-0.2, 0) is 14.3 Å². The first-order valence-corrected chi connectivity index (χ1v) is 13.5. The lowest BCUT2D eigenvalue weighted by Crippen LogP contribution is -2.58. The normalized spacial score (nSPS) is 21.0. The van der Waals surface area contributed by atoms with Crippen molar-refractivity contribution >= 4 is 17.3 Å². The molecule has 1 aliphatic carbocycles. The number of benzene rings is 1. The summed E-state index contributed by atoms with van der Waals surface area (Å²) in [5.41, 5.74) is 1.03. The summed E-state index contributed by atoms with van der Waals surface area (Å²) in [7, 11) is 1.53. The highest BCUT2D eigenvalue weighted by atomic mass is 16.5. The number of carbonyl (C=O) groups excluding carboxylic acids is 3. The lowest BCUT2D eigenvalue weighted by molar-refractivity contribution is -0.146. The van der Waals surface area contributed by atoms with Crippen molar-refractivity contribution in [2.24, 2.45) is 10.8 Å². The average Bonchev–Trinajstić information content (AvgIpc) is 2.88. The molecule has 4 nitrogen and oxygen atoms in total. The Hall–Kier alpha value is -3.27. The van der Waals surface area contributed by atoms with Crippen LogP contribution in [0.25, 0.3) is 0 Å². The van der Waals surface area contributed by atoms with Crippen molar-refractivity contribution in [2.45, 2.75) is 80.1 Å². The van der Waals surface area contributed by atoms with Gasteiger partial charge in [-0.2, -0.15) is 0 Å². The number of carbonyl (C=O) groups is 3. The maximum Gasteiger partial charge on any atom is 0.184 e. The second-order valence-corrected chi connectivity index (χ2v) is 11.0. The number of hydrogen-bond donors (Lipinski definition) is 0. The Morgan fingerprint density at radius 2 is 1.47 bits per heavy atom. The lowest BCUT2D eigenvalue weighted by atomic mass is 9.54. The molecule has 2 atom stereocenters. The van der Waals surface area contributed by atoms with Crippen molar-refractivity contribution in [3.8, 4) is 0 Å². The van der Waals surface area contributed by atoms with Gasteiger partial charge in [0.1, 0.15) is 5.76 Å². The molecular weight excluding hydrogens is 472 g/mol. The van der Waals surface area contributed by atoms with Crippen molar-refractivity contribution in [3.63, 3.8) is 0 Å². The number of methoxy groups -OCH3 is 1. The number of ketones is 3. The fourth-order valence-corrected chi connectivity index (χ4v) is 5.28. The first-order valence-electron chi connectivity index (χ1n) is 13.5. The number of allylic oxidation sites excluding steroid dienone is 9. The molecule has 0 radical (unpaired) electrons. The average molecular weight is 517 g/mol. The summed E-state index contributed by atoms with van der Waals surface area (Å²) in [5.74, 6) is -0.839. The van der Waals surface area contributed by atoms with E-state index in [0.29, 0.717) is 49.0 Å². The second kappa shape index (κ2) is 13.5. The number of ether oxygens (including phenoxy) is 1. The van der Waals surface area contributed by atoms with E-state index in [1.54, 1.807) is 30.3 Å². The van der Waals surface area contributed by atoms with Gasteiger partial charge in [0.05, 0.1) is 12.5 Å². The Morgan fingerprint density at radius 1 is 0.868 bits per heavy atom. The molecule has 2 unspecified atom stereocenters. The molecule has 0 aliphatic heterocycles. The first kappa shape index (κ1) is 31.0. The predicted molar refractivity (Wildman–Crippen MR) is 156 cm³/mol. The zero-order valence-corrected chi connectivity index (χ0v) is 24.3. The van der Waals surface area contributed by atoms with Crippen molar-refractivity contribution in [1.29, 1.82) is 0 Å². The van der Waals surface area contributed by atoms with Crippen molar-refractivity contribution in [3.05, 3.63) is 94.8 Å². The molecule has 0 amide bonds. The van der Waals surface area contributed by atoms with Crippen LogP contribution >= 0.6 is 0 Å². The molecule has 0 saturated carbocycles. The number of Topliss-reactive ketones (excluding diaryl/α,β-unsaturated/α-hetero) is 3. The fourth-order valence-electron chi connectivity index (χ4n) is 5.28. The molecule has 38 heavy (non-hydrogen) atoms. The highest BCUT2D eigenvalue weighted by Crippen LogP contribution is 2.54. The summed E-state index contributed by atoms with van der Waals surface area (Å²) < 4.78 is 5.99. The van der Waals surface area contributed by atoms with Crippen LogP contribution in [0.4, 0.5) is 0 Å². The molecule has 0 bridgehead atoms. The summed E-state index contributed by atoms with van der Waals surface area (Å²) in [4.78, 5) is 43.8. The van der Waals surface area contributed by atoms with Gasteiger partial charge in [0.15, 0.2) is 22.8 Å². The van der Waals surface area contributed by atoms with Crippen LogP contribution in [0, 0.1) is 10.8 Å². The number of rotatable bonds is 13. The zero-order valence-electron chi connectivity index (χ0n) is 24.3. The molecule has 0 saturated heterocycles. The van der Waals surface area contributed by atoms with Gasteiger partial charge in [0, 0.05) is 11.1 Å². The van der Waals surface area contributed by atoms with Gasteiger partial charge in [-0.1, -0.05) is 71.4 Å². The van der Waals surface area contributed by atoms with E-state index in [0.717, 1.165) is 16.7 Å². The summed E-state index contributed by atoms with van der Waals surface area (Å²) in [6, 6.07) is 8.71. The van der Waals surface area contributed by atoms with E-state index in [2.05, 4.69) is 12.7 Å². The first-order chi connectivity index (χ1) is 18.0. The third kappa shape index (κ3) is 6.40. The van der Waals surface area contributed by atoms with Gasteiger partial charge in [0.2, 0.25) is 0 Å². The molecule has 1 aromatic rings. The van der Waals surface area contributed by atoms with Gasteiger partial charge in [-0.15, -0.1) is 6.58 Å². The van der Waals surface area contributed by atoms with Crippen LogP contribution in [0.1, 0.15) is 90.4 Å². The van der Waals surface area contributed by atoms with Crippen molar-refractivity contribution < 1.29 is 19.1 Å². The summed E-state index contributed by atoms with van der Waals surface area (Å²) >= 11 is 0. The van der Waals surface area contributed by atoms with Gasteiger partial charge in [-0.3, -0.25) is 14.4 Å². The molecule has 0 aromatic heterocycles. The van der Waals surface area contributed by atoms with Gasteiger partial charge in [0.25, 0.3) is 0 Å². The number of hydrogen-bond acceptors (Lipinski definition) is 4. The van der Waals surface area contributed by atoms with Crippen LogP contribution in [0.5, 0.6) is 0 Å². The maximum absolute atomic E-state index is 15.0. The third-order valence-corrected chi connectivity index (χ3v) is 7.24. The Kier molecular flexibility index (Phi) is 11.0. The molecule has 204 valence electrons. The molecule has 1 aliphatic rings. The predicted octanol–water partition coefficient (Wildman–Crippen LogP) is 8.32. The SMILES string of the molecule is C=CCCC1(C(=O)c2ccccc2)C(=O)C(CC=C(C)C)=C(OC)C(CC=C(C)C)(CCC=C(C)C)C1=O. The van der Waals surface area contributed by atoms with Gasteiger partial charge < -0.3 is 4.74 Å².